The molecule has 0 aromatic heterocycles. The molecule has 1 atom stereocenters. The molecule has 4 nitrogen and oxygen atoms in total. The van der Waals surface area contributed by atoms with E-state index in [1.54, 1.807) is 0 Å². The molecule has 0 spiro atoms. The maximum atomic E-state index is 5.91. The van der Waals surface area contributed by atoms with Crippen molar-refractivity contribution in [3.8, 4) is 0 Å². The summed E-state index contributed by atoms with van der Waals surface area (Å²) in [5.74, 6) is 1.14. The van der Waals surface area contributed by atoms with Crippen LogP contribution in [0.1, 0.15) is 27.2 Å². The van der Waals surface area contributed by atoms with Crippen molar-refractivity contribution in [2.45, 2.75) is 32.7 Å². The van der Waals surface area contributed by atoms with Gasteiger partial charge < -0.3 is 16.0 Å². The van der Waals surface area contributed by atoms with Gasteiger partial charge in [-0.1, -0.05) is 18.2 Å². The molecule has 1 aromatic carbocycles. The van der Waals surface area contributed by atoms with E-state index in [2.05, 4.69) is 66.3 Å². The molecule has 5 heteroatoms. The molecule has 1 aliphatic rings. The summed E-state index contributed by atoms with van der Waals surface area (Å²) in [5.41, 5.74) is 7.19. The Labute approximate surface area is 145 Å². The number of anilines is 1. The lowest BCUT2D eigenvalue weighted by atomic mass is 10.1. The smallest absolute Gasteiger partial charge is 0.188 e. The van der Waals surface area contributed by atoms with Crippen LogP contribution in [0.15, 0.2) is 35.3 Å². The van der Waals surface area contributed by atoms with Gasteiger partial charge in [-0.3, -0.25) is 4.99 Å². The van der Waals surface area contributed by atoms with E-state index in [1.807, 2.05) is 0 Å². The highest BCUT2D eigenvalue weighted by Gasteiger charge is 2.22. The summed E-state index contributed by atoms with van der Waals surface area (Å²) in [7, 11) is 0. The maximum Gasteiger partial charge on any atom is 0.188 e. The average Bonchev–Trinajstić information content (AvgIpc) is 2.84. The van der Waals surface area contributed by atoms with Crippen LogP contribution in [0.25, 0.3) is 0 Å². The first-order valence-electron chi connectivity index (χ1n) is 7.32. The van der Waals surface area contributed by atoms with Gasteiger partial charge in [-0.2, -0.15) is 0 Å². The average molecular weight is 402 g/mol. The molecule has 0 radical (unpaired) electrons. The number of hydrogen-bond acceptors (Lipinski definition) is 2. The van der Waals surface area contributed by atoms with Crippen molar-refractivity contribution >= 4 is 35.6 Å². The fraction of sp³-hybridized carbons (Fsp3) is 0.562. The molecular formula is C16H27IN4. The van der Waals surface area contributed by atoms with Crippen LogP contribution in [0, 0.1) is 5.92 Å². The lowest BCUT2D eigenvalue weighted by molar-refractivity contribution is 0.505. The number of para-hydroxylation sites is 1. The highest BCUT2D eigenvalue weighted by Crippen LogP contribution is 2.23. The predicted molar refractivity (Wildman–Crippen MR) is 102 cm³/mol. The van der Waals surface area contributed by atoms with Gasteiger partial charge in [0.1, 0.15) is 0 Å². The van der Waals surface area contributed by atoms with Crippen LogP contribution in [-0.4, -0.2) is 31.1 Å². The number of nitrogens with two attached hydrogens (primary N) is 1. The molecule has 1 saturated heterocycles. The second-order valence-electron chi connectivity index (χ2n) is 6.54. The lowest BCUT2D eigenvalue weighted by Crippen LogP contribution is -2.45. The molecule has 1 aromatic rings. The van der Waals surface area contributed by atoms with E-state index in [9.17, 15) is 0 Å². The van der Waals surface area contributed by atoms with E-state index in [4.69, 9.17) is 5.73 Å². The number of nitrogens with one attached hydrogen (secondary N) is 1. The van der Waals surface area contributed by atoms with Crippen LogP contribution in [0.4, 0.5) is 5.69 Å². The summed E-state index contributed by atoms with van der Waals surface area (Å²) in [5, 5.41) is 3.20. The zero-order valence-corrected chi connectivity index (χ0v) is 15.5. The van der Waals surface area contributed by atoms with Crippen molar-refractivity contribution < 1.29 is 0 Å². The summed E-state index contributed by atoms with van der Waals surface area (Å²) in [6.45, 7) is 9.23. The Balaban J connectivity index is 0.00000220. The molecule has 0 amide bonds. The Bertz CT molecular complexity index is 453. The van der Waals surface area contributed by atoms with Crippen LogP contribution in [0.5, 0.6) is 0 Å². The minimum Gasteiger partial charge on any atom is -0.371 e. The third kappa shape index (κ3) is 6.11. The van der Waals surface area contributed by atoms with Gasteiger partial charge in [-0.05, 0) is 45.2 Å². The van der Waals surface area contributed by atoms with E-state index < -0.39 is 0 Å². The van der Waals surface area contributed by atoms with Crippen molar-refractivity contribution in [3.05, 3.63) is 30.3 Å². The number of halogens is 1. The van der Waals surface area contributed by atoms with Gasteiger partial charge in [0, 0.05) is 30.9 Å². The molecule has 1 fully saturated rings. The van der Waals surface area contributed by atoms with Gasteiger partial charge in [0.15, 0.2) is 5.96 Å². The summed E-state index contributed by atoms with van der Waals surface area (Å²) in [6, 6.07) is 10.6. The molecule has 1 unspecified atom stereocenters. The van der Waals surface area contributed by atoms with Crippen molar-refractivity contribution in [3.63, 3.8) is 0 Å². The Morgan fingerprint density at radius 3 is 2.62 bits per heavy atom. The number of rotatable bonds is 3. The van der Waals surface area contributed by atoms with E-state index in [0.29, 0.717) is 11.9 Å². The summed E-state index contributed by atoms with van der Waals surface area (Å²) in [6.07, 6.45) is 1.18. The van der Waals surface area contributed by atoms with E-state index in [1.165, 1.54) is 12.1 Å². The quantitative estimate of drug-likeness (QED) is 0.465. The van der Waals surface area contributed by atoms with E-state index >= 15 is 0 Å². The van der Waals surface area contributed by atoms with Gasteiger partial charge in [0.25, 0.3) is 0 Å². The normalized spacial score (nSPS) is 19.3. The highest BCUT2D eigenvalue weighted by molar-refractivity contribution is 14.0. The van der Waals surface area contributed by atoms with Crippen molar-refractivity contribution in [2.24, 2.45) is 16.6 Å². The van der Waals surface area contributed by atoms with Gasteiger partial charge in [-0.25, -0.2) is 0 Å². The zero-order chi connectivity index (χ0) is 14.6. The van der Waals surface area contributed by atoms with E-state index in [0.717, 1.165) is 19.6 Å². The van der Waals surface area contributed by atoms with Crippen molar-refractivity contribution in [2.75, 3.05) is 24.5 Å². The molecule has 0 aliphatic carbocycles. The number of guanidine groups is 1. The Morgan fingerprint density at radius 2 is 2.00 bits per heavy atom. The number of nitrogens with zero attached hydrogens (tertiary/aromatic N) is 2. The number of aliphatic imine (C=N–C) groups is 1. The molecular weight excluding hydrogens is 375 g/mol. The third-order valence-corrected chi connectivity index (χ3v) is 3.43. The summed E-state index contributed by atoms with van der Waals surface area (Å²) in [4.78, 5) is 6.90. The van der Waals surface area contributed by atoms with Gasteiger partial charge in [0.05, 0.1) is 0 Å². The molecule has 1 aliphatic heterocycles. The highest BCUT2D eigenvalue weighted by atomic mass is 127. The first-order chi connectivity index (χ1) is 9.44. The summed E-state index contributed by atoms with van der Waals surface area (Å²) < 4.78 is 0. The zero-order valence-electron chi connectivity index (χ0n) is 13.2. The molecule has 0 saturated carbocycles. The molecule has 3 N–H and O–H groups in total. The Morgan fingerprint density at radius 1 is 1.33 bits per heavy atom. The topological polar surface area (TPSA) is 53.6 Å². The van der Waals surface area contributed by atoms with Crippen LogP contribution in [-0.2, 0) is 0 Å². The third-order valence-electron chi connectivity index (χ3n) is 3.43. The first-order valence-corrected chi connectivity index (χ1v) is 7.32. The van der Waals surface area contributed by atoms with E-state index in [-0.39, 0.29) is 29.5 Å². The van der Waals surface area contributed by atoms with Crippen LogP contribution >= 0.6 is 24.0 Å². The second-order valence-corrected chi connectivity index (χ2v) is 6.54. The fourth-order valence-corrected chi connectivity index (χ4v) is 2.51. The monoisotopic (exact) mass is 402 g/mol. The first kappa shape index (κ1) is 18.1. The van der Waals surface area contributed by atoms with Crippen LogP contribution in [0.3, 0.4) is 0 Å². The second kappa shape index (κ2) is 7.87. The SMILES string of the molecule is CC(C)(C)NC(N)=NCC1CCN(c2ccccc2)C1.I. The van der Waals surface area contributed by atoms with Gasteiger partial charge in [-0.15, -0.1) is 24.0 Å². The standard InChI is InChI=1S/C16H26N4.HI/c1-16(2,3)19-15(17)18-11-13-9-10-20(12-13)14-7-5-4-6-8-14;/h4-8,13H,9-12H2,1-3H3,(H3,17,18,19);1H. The van der Waals surface area contributed by atoms with Crippen LogP contribution in [0.2, 0.25) is 0 Å². The summed E-state index contributed by atoms with van der Waals surface area (Å²) >= 11 is 0. The largest absolute Gasteiger partial charge is 0.371 e. The van der Waals surface area contributed by atoms with Gasteiger partial charge in [0.2, 0.25) is 0 Å². The molecule has 118 valence electrons. The van der Waals surface area contributed by atoms with Gasteiger partial charge >= 0.3 is 0 Å². The van der Waals surface area contributed by atoms with Crippen LogP contribution < -0.4 is 16.0 Å². The Hall–Kier alpha value is -0.980. The predicted octanol–water partition coefficient (Wildman–Crippen LogP) is 2.83. The lowest BCUT2D eigenvalue weighted by Gasteiger charge is -2.21. The minimum atomic E-state index is -0.0284. The number of hydrogen-bond donors (Lipinski definition) is 2. The molecule has 2 rings (SSSR count). The number of benzene rings is 1. The minimum absolute atomic E-state index is 0. The fourth-order valence-electron chi connectivity index (χ4n) is 2.51. The Kier molecular flexibility index (Phi) is 6.77. The maximum absolute atomic E-state index is 5.91. The molecule has 0 bridgehead atoms. The molecule has 21 heavy (non-hydrogen) atoms. The van der Waals surface area contributed by atoms with Crippen molar-refractivity contribution in [1.29, 1.82) is 0 Å². The molecule has 1 heterocycles. The van der Waals surface area contributed by atoms with Crippen molar-refractivity contribution in [1.82, 2.24) is 5.32 Å².